The van der Waals surface area contributed by atoms with Gasteiger partial charge in [-0.25, -0.2) is 12.7 Å². The van der Waals surface area contributed by atoms with Crippen LogP contribution in [-0.4, -0.2) is 37.8 Å². The van der Waals surface area contributed by atoms with Gasteiger partial charge in [-0.2, -0.15) is 0 Å². The molecule has 0 spiro atoms. The first-order valence-corrected chi connectivity index (χ1v) is 7.87. The van der Waals surface area contributed by atoms with Gasteiger partial charge in [0, 0.05) is 25.7 Å². The summed E-state index contributed by atoms with van der Waals surface area (Å²) in [5.41, 5.74) is 5.49. The lowest BCUT2D eigenvalue weighted by Crippen LogP contribution is -2.39. The van der Waals surface area contributed by atoms with Crippen LogP contribution in [0.2, 0.25) is 0 Å². The highest BCUT2D eigenvalue weighted by molar-refractivity contribution is 7.89. The third-order valence-electron chi connectivity index (χ3n) is 3.26. The SMILES string of the molecule is Cc1cc([N+](=O)[O-])ccc1S(=O)(=O)N(C)CC(C)(C)CN. The molecule has 0 fully saturated rings. The number of sulfonamides is 1. The maximum atomic E-state index is 12.5. The molecule has 0 radical (unpaired) electrons. The third kappa shape index (κ3) is 3.99. The largest absolute Gasteiger partial charge is 0.330 e. The topological polar surface area (TPSA) is 107 Å². The molecule has 0 aromatic heterocycles. The van der Waals surface area contributed by atoms with Crippen molar-refractivity contribution in [3.63, 3.8) is 0 Å². The van der Waals surface area contributed by atoms with Crippen molar-refractivity contribution in [2.24, 2.45) is 11.1 Å². The maximum Gasteiger partial charge on any atom is 0.269 e. The van der Waals surface area contributed by atoms with Crippen LogP contribution in [0, 0.1) is 22.5 Å². The van der Waals surface area contributed by atoms with Crippen LogP contribution in [0.5, 0.6) is 0 Å². The first kappa shape index (κ1) is 17.5. The van der Waals surface area contributed by atoms with Gasteiger partial charge in [0.05, 0.1) is 9.82 Å². The Bertz CT molecular complexity index is 641. The van der Waals surface area contributed by atoms with Crippen molar-refractivity contribution in [2.75, 3.05) is 20.1 Å². The van der Waals surface area contributed by atoms with Gasteiger partial charge in [0.15, 0.2) is 0 Å². The lowest BCUT2D eigenvalue weighted by atomic mass is 9.94. The van der Waals surface area contributed by atoms with Crippen LogP contribution in [-0.2, 0) is 10.0 Å². The van der Waals surface area contributed by atoms with E-state index in [-0.39, 0.29) is 22.5 Å². The highest BCUT2D eigenvalue weighted by Crippen LogP contribution is 2.25. The average molecular weight is 315 g/mol. The van der Waals surface area contributed by atoms with Crippen molar-refractivity contribution < 1.29 is 13.3 Å². The molecule has 0 atom stereocenters. The highest BCUT2D eigenvalue weighted by atomic mass is 32.2. The molecule has 0 heterocycles. The molecule has 0 aliphatic carbocycles. The number of nitrogens with zero attached hydrogens (tertiary/aromatic N) is 2. The Morgan fingerprint density at radius 1 is 1.38 bits per heavy atom. The van der Waals surface area contributed by atoms with Crippen LogP contribution >= 0.6 is 0 Å². The molecular formula is C13H21N3O4S. The minimum absolute atomic E-state index is 0.0726. The second-order valence-corrected chi connectivity index (χ2v) is 7.85. The molecule has 0 aliphatic rings. The predicted octanol–water partition coefficient (Wildman–Crippen LogP) is 1.51. The van der Waals surface area contributed by atoms with Crippen LogP contribution in [0.15, 0.2) is 23.1 Å². The quantitative estimate of drug-likeness (QED) is 0.632. The first-order chi connectivity index (χ1) is 9.51. The standard InChI is InChI=1S/C13H21N3O4S/c1-10-7-11(16(17)18)5-6-12(10)21(19,20)15(4)9-13(2,3)8-14/h5-7H,8-9,14H2,1-4H3. The van der Waals surface area contributed by atoms with Crippen LogP contribution in [0.1, 0.15) is 19.4 Å². The molecule has 7 nitrogen and oxygen atoms in total. The van der Waals surface area contributed by atoms with Gasteiger partial charge in [0.1, 0.15) is 0 Å². The number of non-ortho nitro benzene ring substituents is 1. The average Bonchev–Trinajstić information content (AvgIpc) is 2.37. The van der Waals surface area contributed by atoms with E-state index in [4.69, 9.17) is 5.73 Å². The van der Waals surface area contributed by atoms with Crippen molar-refractivity contribution in [1.82, 2.24) is 4.31 Å². The second-order valence-electron chi connectivity index (χ2n) is 5.84. The smallest absolute Gasteiger partial charge is 0.269 e. The van der Waals surface area contributed by atoms with Crippen LogP contribution in [0.25, 0.3) is 0 Å². The molecule has 118 valence electrons. The predicted molar refractivity (Wildman–Crippen MR) is 80.5 cm³/mol. The summed E-state index contributed by atoms with van der Waals surface area (Å²) in [7, 11) is -2.22. The lowest BCUT2D eigenvalue weighted by molar-refractivity contribution is -0.385. The fraction of sp³-hybridized carbons (Fsp3) is 0.538. The van der Waals surface area contributed by atoms with Gasteiger partial charge >= 0.3 is 0 Å². The number of benzene rings is 1. The van der Waals surface area contributed by atoms with Gasteiger partial charge in [-0.1, -0.05) is 13.8 Å². The molecule has 2 N–H and O–H groups in total. The highest BCUT2D eigenvalue weighted by Gasteiger charge is 2.28. The molecule has 8 heteroatoms. The molecule has 0 aliphatic heterocycles. The molecule has 1 rings (SSSR count). The fourth-order valence-electron chi connectivity index (χ4n) is 1.96. The minimum atomic E-state index is -3.70. The fourth-order valence-corrected chi connectivity index (χ4v) is 3.52. The number of rotatable bonds is 6. The number of nitro benzene ring substituents is 1. The zero-order chi connectivity index (χ0) is 16.4. The molecule has 0 saturated carbocycles. The molecule has 1 aromatic rings. The lowest BCUT2D eigenvalue weighted by Gasteiger charge is -2.28. The van der Waals surface area contributed by atoms with Gasteiger partial charge in [0.2, 0.25) is 10.0 Å². The zero-order valence-corrected chi connectivity index (χ0v) is 13.5. The van der Waals surface area contributed by atoms with Crippen molar-refractivity contribution >= 4 is 15.7 Å². The Morgan fingerprint density at radius 2 is 1.95 bits per heavy atom. The van der Waals surface area contributed by atoms with Crippen molar-refractivity contribution in [3.8, 4) is 0 Å². The van der Waals surface area contributed by atoms with Gasteiger partial charge in [-0.05, 0) is 30.5 Å². The summed E-state index contributed by atoms with van der Waals surface area (Å²) < 4.78 is 26.3. The Hall–Kier alpha value is -1.51. The Kier molecular flexibility index (Phi) is 5.08. The van der Waals surface area contributed by atoms with Crippen molar-refractivity contribution in [2.45, 2.75) is 25.7 Å². The van der Waals surface area contributed by atoms with E-state index >= 15 is 0 Å². The van der Waals surface area contributed by atoms with E-state index in [0.717, 1.165) is 0 Å². The van der Waals surface area contributed by atoms with E-state index in [2.05, 4.69) is 0 Å². The summed E-state index contributed by atoms with van der Waals surface area (Å²) >= 11 is 0. The summed E-state index contributed by atoms with van der Waals surface area (Å²) in [4.78, 5) is 10.2. The third-order valence-corrected chi connectivity index (χ3v) is 5.22. The van der Waals surface area contributed by atoms with Gasteiger partial charge in [-0.3, -0.25) is 10.1 Å². The van der Waals surface area contributed by atoms with Gasteiger partial charge in [0.25, 0.3) is 5.69 Å². The van der Waals surface area contributed by atoms with Crippen LogP contribution in [0.3, 0.4) is 0 Å². The Morgan fingerprint density at radius 3 is 2.38 bits per heavy atom. The minimum Gasteiger partial charge on any atom is -0.330 e. The molecule has 0 bridgehead atoms. The van der Waals surface area contributed by atoms with Crippen molar-refractivity contribution in [1.29, 1.82) is 0 Å². The monoisotopic (exact) mass is 315 g/mol. The van der Waals surface area contributed by atoms with E-state index in [1.807, 2.05) is 13.8 Å². The van der Waals surface area contributed by atoms with Gasteiger partial charge in [-0.15, -0.1) is 0 Å². The van der Waals surface area contributed by atoms with E-state index in [1.54, 1.807) is 6.92 Å². The zero-order valence-electron chi connectivity index (χ0n) is 12.7. The second kappa shape index (κ2) is 6.08. The number of aryl methyl sites for hydroxylation is 1. The van der Waals surface area contributed by atoms with E-state index in [9.17, 15) is 18.5 Å². The van der Waals surface area contributed by atoms with E-state index in [1.165, 1.54) is 29.6 Å². The first-order valence-electron chi connectivity index (χ1n) is 6.43. The number of nitro groups is 1. The number of hydrogen-bond donors (Lipinski definition) is 1. The normalized spacial score (nSPS) is 12.7. The van der Waals surface area contributed by atoms with Crippen LogP contribution in [0.4, 0.5) is 5.69 Å². The Balaban J connectivity index is 3.16. The van der Waals surface area contributed by atoms with Crippen LogP contribution < -0.4 is 5.73 Å². The Labute approximate surface area is 124 Å². The van der Waals surface area contributed by atoms with E-state index in [0.29, 0.717) is 12.1 Å². The summed E-state index contributed by atoms with van der Waals surface area (Å²) in [6.45, 7) is 5.92. The van der Waals surface area contributed by atoms with Gasteiger partial charge < -0.3 is 5.73 Å². The molecule has 21 heavy (non-hydrogen) atoms. The molecule has 0 saturated heterocycles. The maximum absolute atomic E-state index is 12.5. The number of nitrogens with two attached hydrogens (primary N) is 1. The summed E-state index contributed by atoms with van der Waals surface area (Å²) in [6, 6.07) is 3.73. The number of hydrogen-bond acceptors (Lipinski definition) is 5. The summed E-state index contributed by atoms with van der Waals surface area (Å²) in [6.07, 6.45) is 0. The molecule has 0 amide bonds. The summed E-state index contributed by atoms with van der Waals surface area (Å²) in [5, 5.41) is 10.7. The van der Waals surface area contributed by atoms with E-state index < -0.39 is 14.9 Å². The molecule has 1 aromatic carbocycles. The van der Waals surface area contributed by atoms with Crippen molar-refractivity contribution in [3.05, 3.63) is 33.9 Å². The molecular weight excluding hydrogens is 294 g/mol. The summed E-state index contributed by atoms with van der Waals surface area (Å²) in [5.74, 6) is 0. The molecule has 0 unspecified atom stereocenters.